The molecule has 0 saturated carbocycles. The molecule has 1 aromatic heterocycles. The van der Waals surface area contributed by atoms with Crippen molar-refractivity contribution in [3.8, 4) is 0 Å². The van der Waals surface area contributed by atoms with Crippen molar-refractivity contribution in [1.29, 1.82) is 0 Å². The minimum absolute atomic E-state index is 0.0529. The first-order chi connectivity index (χ1) is 8.70. The van der Waals surface area contributed by atoms with Crippen LogP contribution in [-0.2, 0) is 4.74 Å². The van der Waals surface area contributed by atoms with Crippen LogP contribution in [0.4, 0.5) is 11.6 Å². The van der Waals surface area contributed by atoms with E-state index in [4.69, 9.17) is 4.74 Å². The van der Waals surface area contributed by atoms with E-state index in [2.05, 4.69) is 15.3 Å². The minimum Gasteiger partial charge on any atom is -0.385 e. The van der Waals surface area contributed by atoms with Gasteiger partial charge in [0.25, 0.3) is 5.69 Å². The molecule has 1 aromatic carbocycles. The van der Waals surface area contributed by atoms with Crippen LogP contribution < -0.4 is 5.32 Å². The number of anilines is 1. The lowest BCUT2D eigenvalue weighted by Gasteiger charge is -2.00. The van der Waals surface area contributed by atoms with E-state index in [1.54, 1.807) is 13.2 Å². The Hall–Kier alpha value is -2.15. The second-order valence-corrected chi connectivity index (χ2v) is 3.82. The van der Waals surface area contributed by atoms with Gasteiger partial charge in [0.05, 0.1) is 16.0 Å². The number of methoxy groups -OCH3 is 1. The Morgan fingerprint density at radius 3 is 3.11 bits per heavy atom. The second-order valence-electron chi connectivity index (χ2n) is 3.82. The number of non-ortho nitro benzene ring substituents is 1. The van der Waals surface area contributed by atoms with E-state index >= 15 is 0 Å². The Bertz CT molecular complexity index is 552. The van der Waals surface area contributed by atoms with Crippen molar-refractivity contribution in [3.05, 3.63) is 28.3 Å². The van der Waals surface area contributed by atoms with E-state index in [1.807, 2.05) is 0 Å². The van der Waals surface area contributed by atoms with Crippen molar-refractivity contribution >= 4 is 22.7 Å². The van der Waals surface area contributed by atoms with E-state index in [0.29, 0.717) is 23.6 Å². The quantitative estimate of drug-likeness (QED) is 0.464. The summed E-state index contributed by atoms with van der Waals surface area (Å²) in [6, 6.07) is 4.55. The summed E-state index contributed by atoms with van der Waals surface area (Å²) >= 11 is 0. The van der Waals surface area contributed by atoms with Crippen molar-refractivity contribution in [3.63, 3.8) is 0 Å². The number of H-pyrrole nitrogens is 1. The molecule has 2 rings (SSSR count). The lowest BCUT2D eigenvalue weighted by Crippen LogP contribution is -2.05. The average Bonchev–Trinajstić information content (AvgIpc) is 2.76. The summed E-state index contributed by atoms with van der Waals surface area (Å²) in [5, 5.41) is 13.7. The number of hydrogen-bond donors (Lipinski definition) is 2. The monoisotopic (exact) mass is 250 g/mol. The molecule has 2 aromatic rings. The summed E-state index contributed by atoms with van der Waals surface area (Å²) in [7, 11) is 1.65. The van der Waals surface area contributed by atoms with Gasteiger partial charge < -0.3 is 15.0 Å². The van der Waals surface area contributed by atoms with Gasteiger partial charge in [-0.1, -0.05) is 0 Å². The normalized spacial score (nSPS) is 10.7. The van der Waals surface area contributed by atoms with E-state index in [9.17, 15) is 10.1 Å². The number of hydrogen-bond acceptors (Lipinski definition) is 5. The Kier molecular flexibility index (Phi) is 3.73. The fraction of sp³-hybridized carbons (Fsp3) is 0.364. The molecular weight excluding hydrogens is 236 g/mol. The van der Waals surface area contributed by atoms with Crippen LogP contribution >= 0.6 is 0 Å². The minimum atomic E-state index is -0.425. The predicted molar refractivity (Wildman–Crippen MR) is 67.7 cm³/mol. The molecule has 7 nitrogen and oxygen atoms in total. The molecular formula is C11H14N4O3. The maximum absolute atomic E-state index is 10.6. The summed E-state index contributed by atoms with van der Waals surface area (Å²) < 4.78 is 4.94. The molecule has 0 atom stereocenters. The number of fused-ring (bicyclic) bond motifs is 1. The zero-order chi connectivity index (χ0) is 13.0. The van der Waals surface area contributed by atoms with Crippen molar-refractivity contribution in [2.75, 3.05) is 25.6 Å². The molecule has 0 saturated heterocycles. The van der Waals surface area contributed by atoms with E-state index in [0.717, 1.165) is 13.0 Å². The van der Waals surface area contributed by atoms with Gasteiger partial charge in [0.2, 0.25) is 5.95 Å². The molecule has 0 radical (unpaired) electrons. The fourth-order valence-corrected chi connectivity index (χ4v) is 1.62. The van der Waals surface area contributed by atoms with E-state index in [-0.39, 0.29) is 5.69 Å². The molecule has 2 N–H and O–H groups in total. The Morgan fingerprint density at radius 1 is 1.56 bits per heavy atom. The van der Waals surface area contributed by atoms with Gasteiger partial charge in [-0.2, -0.15) is 0 Å². The number of ether oxygens (including phenoxy) is 1. The van der Waals surface area contributed by atoms with Crippen LogP contribution in [-0.4, -0.2) is 35.2 Å². The molecule has 18 heavy (non-hydrogen) atoms. The van der Waals surface area contributed by atoms with Crippen molar-refractivity contribution in [2.45, 2.75) is 6.42 Å². The third-order valence-corrected chi connectivity index (χ3v) is 2.49. The maximum atomic E-state index is 10.6. The first-order valence-electron chi connectivity index (χ1n) is 5.57. The van der Waals surface area contributed by atoms with Crippen LogP contribution in [0.15, 0.2) is 18.2 Å². The van der Waals surface area contributed by atoms with Crippen LogP contribution in [0.3, 0.4) is 0 Å². The number of rotatable bonds is 6. The van der Waals surface area contributed by atoms with Crippen LogP contribution in [0.2, 0.25) is 0 Å². The molecule has 0 amide bonds. The van der Waals surface area contributed by atoms with Crippen LogP contribution in [0.1, 0.15) is 6.42 Å². The van der Waals surface area contributed by atoms with Gasteiger partial charge >= 0.3 is 0 Å². The van der Waals surface area contributed by atoms with Crippen LogP contribution in [0.5, 0.6) is 0 Å². The van der Waals surface area contributed by atoms with Crippen molar-refractivity contribution < 1.29 is 9.66 Å². The molecule has 0 aliphatic heterocycles. The maximum Gasteiger partial charge on any atom is 0.271 e. The van der Waals surface area contributed by atoms with Gasteiger partial charge in [-0.05, 0) is 12.5 Å². The molecule has 7 heteroatoms. The molecule has 0 aliphatic carbocycles. The summed E-state index contributed by atoms with van der Waals surface area (Å²) in [6.07, 6.45) is 0.869. The molecule has 0 unspecified atom stereocenters. The fourth-order valence-electron chi connectivity index (χ4n) is 1.62. The largest absolute Gasteiger partial charge is 0.385 e. The Morgan fingerprint density at radius 2 is 2.39 bits per heavy atom. The number of imidazole rings is 1. The number of aromatic nitrogens is 2. The van der Waals surface area contributed by atoms with Crippen LogP contribution in [0, 0.1) is 10.1 Å². The summed E-state index contributed by atoms with van der Waals surface area (Å²) in [5.74, 6) is 0.613. The Balaban J connectivity index is 2.09. The predicted octanol–water partition coefficient (Wildman–Crippen LogP) is 1.92. The summed E-state index contributed by atoms with van der Waals surface area (Å²) in [6.45, 7) is 1.41. The summed E-state index contributed by atoms with van der Waals surface area (Å²) in [4.78, 5) is 17.5. The van der Waals surface area contributed by atoms with E-state index in [1.165, 1.54) is 12.1 Å². The van der Waals surface area contributed by atoms with Gasteiger partial charge in [0.15, 0.2) is 0 Å². The lowest BCUT2D eigenvalue weighted by atomic mass is 10.3. The third kappa shape index (κ3) is 2.75. The molecule has 0 aliphatic rings. The summed E-state index contributed by atoms with van der Waals surface area (Å²) in [5.41, 5.74) is 1.41. The number of benzene rings is 1. The number of nitrogens with zero attached hydrogens (tertiary/aromatic N) is 2. The van der Waals surface area contributed by atoms with Gasteiger partial charge in [-0.15, -0.1) is 0 Å². The van der Waals surface area contributed by atoms with Gasteiger partial charge in [0.1, 0.15) is 0 Å². The zero-order valence-electron chi connectivity index (χ0n) is 9.97. The van der Waals surface area contributed by atoms with Gasteiger partial charge in [-0.3, -0.25) is 10.1 Å². The molecule has 96 valence electrons. The molecule has 1 heterocycles. The highest BCUT2D eigenvalue weighted by Gasteiger charge is 2.09. The average molecular weight is 250 g/mol. The standard InChI is InChI=1S/C11H14N4O3/c1-18-6-2-5-12-11-13-9-4-3-8(15(16)17)7-10(9)14-11/h3-4,7H,2,5-6H2,1H3,(H2,12,13,14). The van der Waals surface area contributed by atoms with E-state index < -0.39 is 4.92 Å². The smallest absolute Gasteiger partial charge is 0.271 e. The van der Waals surface area contributed by atoms with Gasteiger partial charge in [-0.25, -0.2) is 4.98 Å². The second kappa shape index (κ2) is 5.46. The van der Waals surface area contributed by atoms with Crippen molar-refractivity contribution in [2.24, 2.45) is 0 Å². The topological polar surface area (TPSA) is 93.1 Å². The zero-order valence-corrected chi connectivity index (χ0v) is 9.97. The SMILES string of the molecule is COCCCNc1nc2ccc([N+](=O)[O-])cc2[nH]1. The number of aromatic amines is 1. The first kappa shape index (κ1) is 12.3. The first-order valence-corrected chi connectivity index (χ1v) is 5.57. The highest BCUT2D eigenvalue weighted by Crippen LogP contribution is 2.20. The Labute approximate surface area is 103 Å². The number of nitro groups is 1. The molecule has 0 fully saturated rings. The van der Waals surface area contributed by atoms with Crippen molar-refractivity contribution in [1.82, 2.24) is 9.97 Å². The molecule has 0 bridgehead atoms. The third-order valence-electron chi connectivity index (χ3n) is 2.49. The highest BCUT2D eigenvalue weighted by molar-refractivity contribution is 5.79. The van der Waals surface area contributed by atoms with Crippen LogP contribution in [0.25, 0.3) is 11.0 Å². The number of nitro benzene ring substituents is 1. The van der Waals surface area contributed by atoms with Gasteiger partial charge in [0, 0.05) is 32.4 Å². The number of nitrogens with one attached hydrogen (secondary N) is 2. The highest BCUT2D eigenvalue weighted by atomic mass is 16.6. The lowest BCUT2D eigenvalue weighted by molar-refractivity contribution is -0.384. The molecule has 0 spiro atoms.